The van der Waals surface area contributed by atoms with Gasteiger partial charge in [-0.3, -0.25) is 0 Å². The van der Waals surface area contributed by atoms with Crippen molar-refractivity contribution in [1.29, 1.82) is 0 Å². The topological polar surface area (TPSA) is 307 Å². The molecule has 376 valence electrons. The summed E-state index contributed by atoms with van der Waals surface area (Å²) in [6.07, 6.45) is 7.44. The van der Waals surface area contributed by atoms with Crippen molar-refractivity contribution in [3.8, 4) is 0 Å². The van der Waals surface area contributed by atoms with Gasteiger partial charge in [-0.1, -0.05) is 0 Å². The van der Waals surface area contributed by atoms with Crippen LogP contribution < -0.4 is 20.4 Å². The van der Waals surface area contributed by atoms with Crippen LogP contribution in [0.25, 0.3) is 22.3 Å². The van der Waals surface area contributed by atoms with Crippen LogP contribution in [-0.2, 0) is 13.2 Å². The second kappa shape index (κ2) is 18.8. The smallest absolute Gasteiger partial charge is 0.229 e. The van der Waals surface area contributed by atoms with E-state index in [1.807, 2.05) is 9.13 Å². The largest absolute Gasteiger partial charge is 0.390 e. The van der Waals surface area contributed by atoms with Crippen LogP contribution in [-0.4, -0.2) is 212 Å². The van der Waals surface area contributed by atoms with Crippen LogP contribution in [0.3, 0.4) is 0 Å². The Kier molecular flexibility index (Phi) is 12.5. The van der Waals surface area contributed by atoms with Gasteiger partial charge in [0.15, 0.2) is 34.0 Å². The molecule has 0 unspecified atom stereocenters. The van der Waals surface area contributed by atoms with Gasteiger partial charge in [0, 0.05) is 50.3 Å². The lowest BCUT2D eigenvalue weighted by Gasteiger charge is -2.31. The van der Waals surface area contributed by atoms with E-state index in [1.165, 1.54) is 22.0 Å². The summed E-state index contributed by atoms with van der Waals surface area (Å²) >= 11 is 0. The molecule has 70 heavy (non-hydrogen) atoms. The molecular formula is C44H64N20O6. The molecule has 3 saturated carbocycles. The van der Waals surface area contributed by atoms with Crippen molar-refractivity contribution in [3.05, 3.63) is 36.4 Å². The van der Waals surface area contributed by atoms with Gasteiger partial charge in [-0.2, -0.15) is 49.9 Å². The first-order valence-electron chi connectivity index (χ1n) is 24.5. The fourth-order valence-electron chi connectivity index (χ4n) is 11.3. The zero-order valence-electron chi connectivity index (χ0n) is 39.9. The van der Waals surface area contributed by atoms with E-state index >= 15 is 0 Å². The fourth-order valence-corrected chi connectivity index (χ4v) is 11.3. The lowest BCUT2D eigenvalue weighted by molar-refractivity contribution is 0.00491. The van der Waals surface area contributed by atoms with Gasteiger partial charge >= 0.3 is 0 Å². The standard InChI is InChI=1S/C44H64N20O6/c1-57(2)27-9-11-59(17-27)43-51-39(33-41(53-43)61(21-45-33)29-13-31(37(69)35(29)67)63-47-15-25(19-65)55-63)49-23-5-7-24(8-6-23)50-40-34-42(54-44(52-40)60-12-10-28(18-60)58(3)4)62(22-46-34)30-14-32(38(70)36(30)68)64-48-16-26(20-66)56-64/h15-16,21-24,27-32,35-38,65-70H,5-14,17-20H2,1-4H3,(H,49,51,53)(H,50,52,54)/t23-,24-,27-,28-,29-,30-,31+,32+,35+,36+,37-,38-/m1/s1. The second-order valence-electron chi connectivity index (χ2n) is 20.3. The number of aromatic nitrogens is 14. The third-order valence-corrected chi connectivity index (χ3v) is 15.6. The number of anilines is 4. The summed E-state index contributed by atoms with van der Waals surface area (Å²) in [5, 5.41) is 89.2. The number of aliphatic hydroxyl groups excluding tert-OH is 6. The van der Waals surface area contributed by atoms with Crippen LogP contribution in [0.2, 0.25) is 0 Å². The highest BCUT2D eigenvalue weighted by Crippen LogP contribution is 2.42. The van der Waals surface area contributed by atoms with Gasteiger partial charge in [-0.15, -0.1) is 0 Å². The van der Waals surface area contributed by atoms with Gasteiger partial charge in [-0.05, 0) is 79.6 Å². The summed E-state index contributed by atoms with van der Waals surface area (Å²) in [6.45, 7) is 2.53. The van der Waals surface area contributed by atoms with Crippen molar-refractivity contribution in [2.75, 3.05) is 74.8 Å². The molecule has 5 aliphatic rings. The first-order valence-corrected chi connectivity index (χ1v) is 24.5. The summed E-state index contributed by atoms with van der Waals surface area (Å²) in [5.41, 5.74) is 3.01. The average Bonchev–Trinajstić information content (AvgIpc) is 4.22. The number of imidazole rings is 2. The van der Waals surface area contributed by atoms with Crippen LogP contribution >= 0.6 is 0 Å². The van der Waals surface area contributed by atoms with Crippen LogP contribution in [0.15, 0.2) is 25.0 Å². The van der Waals surface area contributed by atoms with E-state index in [1.54, 1.807) is 12.7 Å². The van der Waals surface area contributed by atoms with Crippen molar-refractivity contribution < 1.29 is 30.6 Å². The number of likely N-dealkylation sites (N-methyl/N-ethyl adjacent to an activating group) is 2. The molecule has 0 amide bonds. The number of nitrogens with zero attached hydrogens (tertiary/aromatic N) is 18. The maximum atomic E-state index is 11.5. The minimum absolute atomic E-state index is 0.0610. The molecule has 26 nitrogen and oxygen atoms in total. The minimum atomic E-state index is -1.16. The maximum absolute atomic E-state index is 11.5. The number of hydrogen-bond acceptors (Lipinski definition) is 22. The van der Waals surface area contributed by atoms with Gasteiger partial charge in [-0.25, -0.2) is 9.97 Å². The van der Waals surface area contributed by atoms with Crippen LogP contribution in [0.1, 0.15) is 86.9 Å². The van der Waals surface area contributed by atoms with E-state index in [-0.39, 0.29) is 25.3 Å². The maximum Gasteiger partial charge on any atom is 0.229 e. The number of nitrogens with one attached hydrogen (secondary N) is 2. The van der Waals surface area contributed by atoms with Crippen molar-refractivity contribution in [2.45, 2.75) is 137 Å². The van der Waals surface area contributed by atoms with Crippen LogP contribution in [0.4, 0.5) is 23.5 Å². The first-order chi connectivity index (χ1) is 33.8. The number of aliphatic hydroxyl groups is 6. The quantitative estimate of drug-likeness (QED) is 0.0654. The SMILES string of the molecule is CN(C)[C@@H]1CCN(c2nc(N[C@H]3CC[C@H](Nc4nc(N5CC[C@@H](N(C)C)C5)nc5c4ncn5[C@@H]4C[C@H](n5ncc(CO)n5)[C@@H](O)[C@H]4O)CC3)c3ncn([C@@H]4C[C@H](n5ncc(CO)n5)[C@@H](O)[C@H]4O)c3n2)C1. The fraction of sp³-hybridized carbons (Fsp3) is 0.682. The van der Waals surface area contributed by atoms with Crippen LogP contribution in [0.5, 0.6) is 0 Å². The van der Waals surface area contributed by atoms with Gasteiger partial charge in [0.25, 0.3) is 0 Å². The van der Waals surface area contributed by atoms with E-state index in [0.29, 0.717) is 82.2 Å². The van der Waals surface area contributed by atoms with E-state index in [4.69, 9.17) is 29.9 Å². The zero-order chi connectivity index (χ0) is 48.5. The van der Waals surface area contributed by atoms with Gasteiger partial charge in [0.05, 0.1) is 50.3 Å². The normalized spacial score (nSPS) is 30.6. The average molecular weight is 969 g/mol. The van der Waals surface area contributed by atoms with Crippen molar-refractivity contribution in [1.82, 2.24) is 78.8 Å². The Hall–Kier alpha value is -5.74. The van der Waals surface area contributed by atoms with Gasteiger partial charge < -0.3 is 70.0 Å². The summed E-state index contributed by atoms with van der Waals surface area (Å²) in [4.78, 5) is 41.7. The van der Waals surface area contributed by atoms with Crippen molar-refractivity contribution >= 4 is 45.9 Å². The highest BCUT2D eigenvalue weighted by molar-refractivity contribution is 5.86. The Bertz CT molecular complexity index is 2600. The van der Waals surface area contributed by atoms with E-state index in [9.17, 15) is 30.6 Å². The lowest BCUT2D eigenvalue weighted by Crippen LogP contribution is -2.34. The first kappa shape index (κ1) is 46.6. The lowest BCUT2D eigenvalue weighted by atomic mass is 9.91. The molecule has 26 heteroatoms. The molecule has 6 aromatic heterocycles. The number of rotatable bonds is 14. The molecule has 0 bridgehead atoms. The molecule has 10 atom stereocenters. The highest BCUT2D eigenvalue weighted by atomic mass is 16.3. The summed E-state index contributed by atoms with van der Waals surface area (Å²) in [7, 11) is 8.33. The molecule has 11 rings (SSSR count). The summed E-state index contributed by atoms with van der Waals surface area (Å²) < 4.78 is 3.69. The predicted octanol–water partition coefficient (Wildman–Crippen LogP) is -0.935. The third kappa shape index (κ3) is 8.45. The highest BCUT2D eigenvalue weighted by Gasteiger charge is 2.47. The Morgan fingerprint density at radius 2 is 0.957 bits per heavy atom. The molecule has 5 fully saturated rings. The number of fused-ring (bicyclic) bond motifs is 2. The molecule has 0 aromatic carbocycles. The zero-order valence-corrected chi connectivity index (χ0v) is 39.9. The van der Waals surface area contributed by atoms with Crippen LogP contribution in [0, 0.1) is 0 Å². The molecule has 0 radical (unpaired) electrons. The van der Waals surface area contributed by atoms with E-state index in [2.05, 4.69) is 78.8 Å². The second-order valence-corrected chi connectivity index (χ2v) is 20.3. The number of hydrogen-bond donors (Lipinski definition) is 8. The van der Waals surface area contributed by atoms with Gasteiger partial charge in [0.2, 0.25) is 11.9 Å². The Morgan fingerprint density at radius 3 is 1.31 bits per heavy atom. The van der Waals surface area contributed by atoms with Crippen molar-refractivity contribution in [2.24, 2.45) is 0 Å². The molecule has 0 spiro atoms. The van der Waals surface area contributed by atoms with Gasteiger partial charge in [0.1, 0.15) is 47.9 Å². The molecule has 8 N–H and O–H groups in total. The summed E-state index contributed by atoms with van der Waals surface area (Å²) in [6, 6.07) is -1.59. The molecule has 2 aliphatic heterocycles. The Labute approximate surface area is 403 Å². The molecule has 2 saturated heterocycles. The monoisotopic (exact) mass is 969 g/mol. The molecular weight excluding hydrogens is 905 g/mol. The van der Waals surface area contributed by atoms with E-state index in [0.717, 1.165) is 64.7 Å². The van der Waals surface area contributed by atoms with E-state index < -0.39 is 48.6 Å². The molecule has 3 aliphatic carbocycles. The third-order valence-electron chi connectivity index (χ3n) is 15.6. The molecule has 6 aromatic rings. The molecule has 8 heterocycles. The Balaban J connectivity index is 0.843. The predicted molar refractivity (Wildman–Crippen MR) is 254 cm³/mol. The minimum Gasteiger partial charge on any atom is -0.390 e. The van der Waals surface area contributed by atoms with Crippen molar-refractivity contribution in [3.63, 3.8) is 0 Å². The Morgan fingerprint density at radius 1 is 0.557 bits per heavy atom. The summed E-state index contributed by atoms with van der Waals surface area (Å²) in [5.74, 6) is 2.37.